The first-order chi connectivity index (χ1) is 11.3. The van der Waals surface area contributed by atoms with Gasteiger partial charge in [0, 0.05) is 19.0 Å². The summed E-state index contributed by atoms with van der Waals surface area (Å²) in [6, 6.07) is 5.88. The van der Waals surface area contributed by atoms with E-state index in [-0.39, 0.29) is 36.0 Å². The zero-order valence-electron chi connectivity index (χ0n) is 12.8. The molecule has 3 rings (SSSR count). The number of hydrogen-bond donors (Lipinski definition) is 1. The van der Waals surface area contributed by atoms with Gasteiger partial charge in [-0.2, -0.15) is 0 Å². The molecule has 1 saturated heterocycles. The normalized spacial score (nSPS) is 26.3. The number of amides is 2. The summed E-state index contributed by atoms with van der Waals surface area (Å²) in [4.78, 5) is 25.2. The molecule has 2 N–H and O–H groups in total. The zero-order chi connectivity index (χ0) is 17.5. The van der Waals surface area contributed by atoms with E-state index in [1.54, 1.807) is 17.0 Å². The molecule has 0 bridgehead atoms. The molecule has 24 heavy (non-hydrogen) atoms. The van der Waals surface area contributed by atoms with E-state index in [4.69, 9.17) is 5.73 Å². The fraction of sp³-hybridized carbons (Fsp3) is 0.500. The van der Waals surface area contributed by atoms with Crippen LogP contribution in [0.2, 0.25) is 0 Å². The second-order valence-corrected chi connectivity index (χ2v) is 6.21. The Morgan fingerprint density at radius 1 is 1.25 bits per heavy atom. The molecule has 1 saturated carbocycles. The summed E-state index contributed by atoms with van der Waals surface area (Å²) in [5.41, 5.74) is 5.64. The molecule has 1 aliphatic heterocycles. The van der Waals surface area contributed by atoms with E-state index in [1.165, 1.54) is 12.1 Å². The number of likely N-dealkylation sites (tertiary alicyclic amines) is 1. The molecule has 5 nitrogen and oxygen atoms in total. The van der Waals surface area contributed by atoms with Gasteiger partial charge in [-0.05, 0) is 30.4 Å². The quantitative estimate of drug-likeness (QED) is 0.910. The van der Waals surface area contributed by atoms with Crippen molar-refractivity contribution in [1.82, 2.24) is 4.90 Å². The molecule has 1 aromatic carbocycles. The summed E-state index contributed by atoms with van der Waals surface area (Å²) in [7, 11) is 0. The van der Waals surface area contributed by atoms with E-state index in [0.29, 0.717) is 24.9 Å². The standard InChI is InChI=1S/C16H17F3N2O3/c17-16(18,19)24-13-4-2-1-3-10(13)11-7-12(11)15(23)21-6-5-9(8-21)14(20)22/h1-4,9,11-12H,5-8H2,(H2,20,22)/t9-,11-,12+/m1/s1. The maximum absolute atomic E-state index is 12.5. The van der Waals surface area contributed by atoms with Gasteiger partial charge >= 0.3 is 6.36 Å². The lowest BCUT2D eigenvalue weighted by atomic mass is 10.1. The highest BCUT2D eigenvalue weighted by Gasteiger charge is 2.48. The molecule has 2 fully saturated rings. The van der Waals surface area contributed by atoms with Gasteiger partial charge in [-0.25, -0.2) is 0 Å². The smallest absolute Gasteiger partial charge is 0.405 e. The highest BCUT2D eigenvalue weighted by molar-refractivity contribution is 5.85. The first-order valence-electron chi connectivity index (χ1n) is 7.69. The summed E-state index contributed by atoms with van der Waals surface area (Å²) in [5.74, 6) is -1.82. The Bertz CT molecular complexity index is 662. The van der Waals surface area contributed by atoms with Crippen LogP contribution in [0.4, 0.5) is 13.2 Å². The molecule has 0 radical (unpaired) electrons. The molecule has 2 amide bonds. The number of primary amides is 1. The third kappa shape index (κ3) is 3.47. The van der Waals surface area contributed by atoms with E-state index in [9.17, 15) is 22.8 Å². The van der Waals surface area contributed by atoms with Gasteiger partial charge in [0.2, 0.25) is 11.8 Å². The fourth-order valence-corrected chi connectivity index (χ4v) is 3.24. The van der Waals surface area contributed by atoms with Crippen LogP contribution in [-0.4, -0.2) is 36.2 Å². The van der Waals surface area contributed by atoms with Crippen molar-refractivity contribution in [2.24, 2.45) is 17.6 Å². The van der Waals surface area contributed by atoms with E-state index >= 15 is 0 Å². The number of nitrogens with zero attached hydrogens (tertiary/aromatic N) is 1. The van der Waals surface area contributed by atoms with Gasteiger partial charge in [0.1, 0.15) is 5.75 Å². The number of alkyl halides is 3. The third-order valence-corrected chi connectivity index (χ3v) is 4.55. The first kappa shape index (κ1) is 16.6. The molecule has 1 aromatic rings. The Balaban J connectivity index is 1.68. The van der Waals surface area contributed by atoms with Gasteiger partial charge in [0.25, 0.3) is 0 Å². The van der Waals surface area contributed by atoms with Gasteiger partial charge in [0.05, 0.1) is 5.92 Å². The molecule has 2 aliphatic rings. The van der Waals surface area contributed by atoms with Gasteiger partial charge in [-0.1, -0.05) is 18.2 Å². The molecule has 0 unspecified atom stereocenters. The second kappa shape index (κ2) is 5.99. The third-order valence-electron chi connectivity index (χ3n) is 4.55. The molecule has 3 atom stereocenters. The summed E-state index contributed by atoms with van der Waals surface area (Å²) >= 11 is 0. The molecule has 8 heteroatoms. The van der Waals surface area contributed by atoms with E-state index in [1.807, 2.05) is 0 Å². The Hall–Kier alpha value is -2.25. The number of halogens is 3. The van der Waals surface area contributed by atoms with Crippen LogP contribution in [0.5, 0.6) is 5.75 Å². The van der Waals surface area contributed by atoms with Crippen molar-refractivity contribution in [3.8, 4) is 5.75 Å². The van der Waals surface area contributed by atoms with Crippen molar-refractivity contribution >= 4 is 11.8 Å². The average molecular weight is 342 g/mol. The Morgan fingerprint density at radius 2 is 1.96 bits per heavy atom. The minimum absolute atomic E-state index is 0.134. The molecular weight excluding hydrogens is 325 g/mol. The summed E-state index contributed by atoms with van der Waals surface area (Å²) in [5, 5.41) is 0. The number of carbonyl (C=O) groups excluding carboxylic acids is 2. The molecular formula is C16H17F3N2O3. The highest BCUT2D eigenvalue weighted by atomic mass is 19.4. The van der Waals surface area contributed by atoms with E-state index in [2.05, 4.69) is 4.74 Å². The first-order valence-corrected chi connectivity index (χ1v) is 7.69. The second-order valence-electron chi connectivity index (χ2n) is 6.21. The lowest BCUT2D eigenvalue weighted by Crippen LogP contribution is -2.33. The van der Waals surface area contributed by atoms with Crippen molar-refractivity contribution in [1.29, 1.82) is 0 Å². The number of benzene rings is 1. The molecule has 0 aromatic heterocycles. The van der Waals surface area contributed by atoms with Crippen molar-refractivity contribution < 1.29 is 27.5 Å². The van der Waals surface area contributed by atoms with Crippen LogP contribution in [0, 0.1) is 11.8 Å². The maximum Gasteiger partial charge on any atom is 0.573 e. The van der Waals surface area contributed by atoms with Crippen LogP contribution in [0.25, 0.3) is 0 Å². The van der Waals surface area contributed by atoms with Crippen LogP contribution in [0.1, 0.15) is 24.3 Å². The van der Waals surface area contributed by atoms with E-state index in [0.717, 1.165) is 0 Å². The van der Waals surface area contributed by atoms with Gasteiger partial charge in [0.15, 0.2) is 0 Å². The monoisotopic (exact) mass is 342 g/mol. The van der Waals surface area contributed by atoms with Crippen LogP contribution < -0.4 is 10.5 Å². The minimum atomic E-state index is -4.77. The Labute approximate surface area is 136 Å². The van der Waals surface area contributed by atoms with Gasteiger partial charge < -0.3 is 15.4 Å². The summed E-state index contributed by atoms with van der Waals surface area (Å²) < 4.78 is 41.5. The fourth-order valence-electron chi connectivity index (χ4n) is 3.24. The molecule has 1 heterocycles. The molecule has 1 aliphatic carbocycles. The minimum Gasteiger partial charge on any atom is -0.405 e. The average Bonchev–Trinajstić information content (AvgIpc) is 3.12. The number of hydrogen-bond acceptors (Lipinski definition) is 3. The van der Waals surface area contributed by atoms with Gasteiger partial charge in [-0.3, -0.25) is 9.59 Å². The predicted molar refractivity (Wildman–Crippen MR) is 77.9 cm³/mol. The highest BCUT2D eigenvalue weighted by Crippen LogP contribution is 2.52. The maximum atomic E-state index is 12.5. The topological polar surface area (TPSA) is 72.6 Å². The van der Waals surface area contributed by atoms with E-state index < -0.39 is 12.3 Å². The molecule has 0 spiro atoms. The van der Waals surface area contributed by atoms with Crippen molar-refractivity contribution in [2.45, 2.75) is 25.1 Å². The number of ether oxygens (including phenoxy) is 1. The lowest BCUT2D eigenvalue weighted by molar-refractivity contribution is -0.274. The zero-order valence-corrected chi connectivity index (χ0v) is 12.8. The lowest BCUT2D eigenvalue weighted by Gasteiger charge is -2.17. The number of para-hydroxylation sites is 1. The van der Waals surface area contributed by atoms with Crippen LogP contribution in [0.15, 0.2) is 24.3 Å². The van der Waals surface area contributed by atoms with Gasteiger partial charge in [-0.15, -0.1) is 13.2 Å². The SMILES string of the molecule is NC(=O)[C@@H]1CCN(C(=O)[C@H]2C[C@@H]2c2ccccc2OC(F)(F)F)C1. The van der Waals surface area contributed by atoms with Crippen molar-refractivity contribution in [3.05, 3.63) is 29.8 Å². The van der Waals surface area contributed by atoms with Crippen LogP contribution in [0.3, 0.4) is 0 Å². The summed E-state index contributed by atoms with van der Waals surface area (Å²) in [6.07, 6.45) is -3.75. The van der Waals surface area contributed by atoms with Crippen LogP contribution >= 0.6 is 0 Å². The predicted octanol–water partition coefficient (Wildman–Crippen LogP) is 2.02. The van der Waals surface area contributed by atoms with Crippen molar-refractivity contribution in [3.63, 3.8) is 0 Å². The number of rotatable bonds is 4. The largest absolute Gasteiger partial charge is 0.573 e. The van der Waals surface area contributed by atoms with Crippen LogP contribution in [-0.2, 0) is 9.59 Å². The number of nitrogens with two attached hydrogens (primary N) is 1. The summed E-state index contributed by atoms with van der Waals surface area (Å²) in [6.45, 7) is 0.744. The number of carbonyl (C=O) groups is 2. The Morgan fingerprint density at radius 3 is 2.58 bits per heavy atom. The van der Waals surface area contributed by atoms with Crippen molar-refractivity contribution in [2.75, 3.05) is 13.1 Å². The Kier molecular flexibility index (Phi) is 4.15. The molecule has 130 valence electrons.